The smallest absolute Gasteiger partial charge is 0.417 e. The minimum atomic E-state index is -4.40. The van der Waals surface area contributed by atoms with E-state index in [9.17, 15) is 21.6 Å². The molecular weight excluding hydrogens is 565 g/mol. The third kappa shape index (κ3) is 6.87. The van der Waals surface area contributed by atoms with Gasteiger partial charge < -0.3 is 14.7 Å². The molecule has 13 heteroatoms. The highest BCUT2D eigenvalue weighted by molar-refractivity contribution is 7.89. The zero-order chi connectivity index (χ0) is 28.3. The Balaban J connectivity index is 1.14. The van der Waals surface area contributed by atoms with E-state index in [-0.39, 0.29) is 24.4 Å². The molecule has 0 atom stereocenters. The van der Waals surface area contributed by atoms with E-state index in [2.05, 4.69) is 22.1 Å². The summed E-state index contributed by atoms with van der Waals surface area (Å²) in [5.74, 6) is 0.894. The quantitative estimate of drug-likeness (QED) is 0.345. The number of hydrogen-bond donors (Lipinski definition) is 1. The third-order valence-electron chi connectivity index (χ3n) is 7.63. The van der Waals surface area contributed by atoms with Crippen molar-refractivity contribution in [3.63, 3.8) is 0 Å². The van der Waals surface area contributed by atoms with E-state index >= 15 is 0 Å². The van der Waals surface area contributed by atoms with Crippen molar-refractivity contribution in [2.75, 3.05) is 43.4 Å². The van der Waals surface area contributed by atoms with Crippen molar-refractivity contribution in [2.24, 2.45) is 0 Å². The van der Waals surface area contributed by atoms with Crippen LogP contribution in [0.1, 0.15) is 55.6 Å². The van der Waals surface area contributed by atoms with E-state index in [0.29, 0.717) is 62.9 Å². The number of fused-ring (bicyclic) bond motifs is 1. The molecule has 40 heavy (non-hydrogen) atoms. The molecule has 3 aromatic rings. The van der Waals surface area contributed by atoms with Gasteiger partial charge in [-0.1, -0.05) is 17.4 Å². The fourth-order valence-corrected chi connectivity index (χ4v) is 7.83. The maximum atomic E-state index is 12.8. The molecule has 0 spiro atoms. The van der Waals surface area contributed by atoms with Crippen LogP contribution in [-0.4, -0.2) is 72.4 Å². The molecule has 0 radical (unpaired) electrons. The Morgan fingerprint density at radius 1 is 1.02 bits per heavy atom. The van der Waals surface area contributed by atoms with Gasteiger partial charge in [0.2, 0.25) is 10.0 Å². The van der Waals surface area contributed by atoms with Crippen molar-refractivity contribution in [3.05, 3.63) is 47.7 Å². The van der Waals surface area contributed by atoms with Crippen LogP contribution in [0.2, 0.25) is 0 Å². The molecule has 5 rings (SSSR count). The Morgan fingerprint density at radius 3 is 2.42 bits per heavy atom. The summed E-state index contributed by atoms with van der Waals surface area (Å²) in [6, 6.07) is 8.67. The van der Waals surface area contributed by atoms with Gasteiger partial charge >= 0.3 is 6.18 Å². The Labute approximate surface area is 235 Å². The second kappa shape index (κ2) is 12.2. The van der Waals surface area contributed by atoms with Gasteiger partial charge in [-0.15, -0.1) is 0 Å². The minimum absolute atomic E-state index is 0.00720. The molecule has 4 heterocycles. The number of sulfonamides is 1. The number of aliphatic hydroxyl groups is 1. The topological polar surface area (TPSA) is 95.9 Å². The van der Waals surface area contributed by atoms with Crippen molar-refractivity contribution >= 4 is 37.4 Å². The van der Waals surface area contributed by atoms with Crippen LogP contribution in [0, 0.1) is 0 Å². The first-order valence-electron chi connectivity index (χ1n) is 13.6. The number of ether oxygens (including phenoxy) is 1. The van der Waals surface area contributed by atoms with Gasteiger partial charge in [0.25, 0.3) is 5.19 Å². The second-order valence-electron chi connectivity index (χ2n) is 10.3. The summed E-state index contributed by atoms with van der Waals surface area (Å²) in [6.07, 6.45) is 0.367. The Hall–Kier alpha value is -2.48. The molecule has 0 amide bonds. The molecular formula is C27H33F3N4O4S2. The number of benzene rings is 1. The zero-order valence-electron chi connectivity index (χ0n) is 22.0. The molecule has 8 nitrogen and oxygen atoms in total. The number of pyridine rings is 1. The molecule has 2 aromatic heterocycles. The molecule has 2 aliphatic heterocycles. The molecule has 0 bridgehead atoms. The molecule has 0 aliphatic carbocycles. The highest BCUT2D eigenvalue weighted by atomic mass is 32.2. The largest absolute Gasteiger partial charge is 0.467 e. The minimum Gasteiger partial charge on any atom is -0.467 e. The predicted molar refractivity (Wildman–Crippen MR) is 148 cm³/mol. The maximum Gasteiger partial charge on any atom is 0.417 e. The van der Waals surface area contributed by atoms with E-state index < -0.39 is 21.8 Å². The lowest BCUT2D eigenvalue weighted by Gasteiger charge is -2.32. The number of nitrogens with zero attached hydrogens (tertiary/aromatic N) is 4. The molecule has 2 saturated heterocycles. The number of anilines is 1. The van der Waals surface area contributed by atoms with Crippen LogP contribution in [0.25, 0.3) is 10.2 Å². The van der Waals surface area contributed by atoms with Crippen molar-refractivity contribution in [1.82, 2.24) is 14.3 Å². The van der Waals surface area contributed by atoms with Gasteiger partial charge in [0, 0.05) is 51.8 Å². The molecule has 1 N–H and O–H groups in total. The summed E-state index contributed by atoms with van der Waals surface area (Å²) in [6.45, 7) is 2.28. The number of halogens is 3. The second-order valence-corrected chi connectivity index (χ2v) is 13.4. The van der Waals surface area contributed by atoms with Crippen LogP contribution < -0.4 is 9.64 Å². The number of alkyl halides is 3. The SMILES string of the molecule is O=S(=O)(CCCCO)N1CCC(c2ccc3nc(OC4CCN(c5ccc(C(F)(F)F)cn5)CC4)sc3c2)CC1. The average Bonchev–Trinajstić information content (AvgIpc) is 3.35. The average molecular weight is 599 g/mol. The molecule has 1 aromatic carbocycles. The number of rotatable bonds is 9. The molecule has 2 fully saturated rings. The Bertz CT molecular complexity index is 1380. The highest BCUT2D eigenvalue weighted by Crippen LogP contribution is 2.36. The molecule has 0 saturated carbocycles. The number of thiazole rings is 1. The van der Waals surface area contributed by atoms with Gasteiger partial charge in [-0.2, -0.15) is 13.2 Å². The summed E-state index contributed by atoms with van der Waals surface area (Å²) in [7, 11) is -3.28. The summed E-state index contributed by atoms with van der Waals surface area (Å²) in [5, 5.41) is 9.52. The van der Waals surface area contributed by atoms with Crippen molar-refractivity contribution < 1.29 is 31.4 Å². The van der Waals surface area contributed by atoms with Crippen LogP contribution in [0.4, 0.5) is 19.0 Å². The van der Waals surface area contributed by atoms with E-state index in [1.807, 2.05) is 11.0 Å². The lowest BCUT2D eigenvalue weighted by atomic mass is 9.90. The lowest BCUT2D eigenvalue weighted by Crippen LogP contribution is -2.39. The fraction of sp³-hybridized carbons (Fsp3) is 0.556. The van der Waals surface area contributed by atoms with Gasteiger partial charge in [0.15, 0.2) is 0 Å². The van der Waals surface area contributed by atoms with Crippen LogP contribution in [0.3, 0.4) is 0 Å². The number of unbranched alkanes of at least 4 members (excludes halogenated alkanes) is 1. The number of piperidine rings is 2. The first-order chi connectivity index (χ1) is 19.1. The number of aliphatic hydroxyl groups excluding tert-OH is 1. The Kier molecular flexibility index (Phi) is 8.83. The normalized spacial score (nSPS) is 18.4. The monoisotopic (exact) mass is 598 g/mol. The maximum absolute atomic E-state index is 12.8. The fourth-order valence-electron chi connectivity index (χ4n) is 5.30. The summed E-state index contributed by atoms with van der Waals surface area (Å²) >= 11 is 1.49. The van der Waals surface area contributed by atoms with E-state index in [1.54, 1.807) is 4.31 Å². The van der Waals surface area contributed by atoms with Crippen LogP contribution in [0.5, 0.6) is 5.19 Å². The molecule has 0 unspecified atom stereocenters. The molecule has 2 aliphatic rings. The van der Waals surface area contributed by atoms with Gasteiger partial charge in [-0.05, 0) is 61.4 Å². The van der Waals surface area contributed by atoms with Gasteiger partial charge in [0.1, 0.15) is 11.9 Å². The van der Waals surface area contributed by atoms with Crippen LogP contribution in [0.15, 0.2) is 36.5 Å². The standard InChI is InChI=1S/C27H33F3N4O4S2/c28-27(29,30)21-4-6-25(31-18-21)33-11-9-22(10-12-33)38-26-32-23-5-3-20(17-24(23)39-26)19-7-13-34(14-8-19)40(36,37)16-2-1-15-35/h3-6,17-19,22,35H,1-2,7-16H2. The van der Waals surface area contributed by atoms with Crippen molar-refractivity contribution in [2.45, 2.75) is 56.7 Å². The van der Waals surface area contributed by atoms with Crippen LogP contribution in [-0.2, 0) is 16.2 Å². The lowest BCUT2D eigenvalue weighted by molar-refractivity contribution is -0.137. The number of hydrogen-bond acceptors (Lipinski definition) is 8. The third-order valence-corrected chi connectivity index (χ3v) is 10.5. The van der Waals surface area contributed by atoms with Crippen molar-refractivity contribution in [3.8, 4) is 5.19 Å². The summed E-state index contributed by atoms with van der Waals surface area (Å²) in [4.78, 5) is 10.6. The molecule has 218 valence electrons. The van der Waals surface area contributed by atoms with Gasteiger partial charge in [-0.3, -0.25) is 0 Å². The highest BCUT2D eigenvalue weighted by Gasteiger charge is 2.32. The zero-order valence-corrected chi connectivity index (χ0v) is 23.6. The van der Waals surface area contributed by atoms with E-state index in [0.717, 1.165) is 35.3 Å². The summed E-state index contributed by atoms with van der Waals surface area (Å²) < 4.78 is 72.3. The Morgan fingerprint density at radius 2 is 1.77 bits per heavy atom. The summed E-state index contributed by atoms with van der Waals surface area (Å²) in [5.41, 5.74) is 1.29. The van der Waals surface area contributed by atoms with Gasteiger partial charge in [0.05, 0.1) is 21.5 Å². The number of aromatic nitrogens is 2. The van der Waals surface area contributed by atoms with Gasteiger partial charge in [-0.25, -0.2) is 22.7 Å². The van der Waals surface area contributed by atoms with E-state index in [4.69, 9.17) is 9.84 Å². The predicted octanol–water partition coefficient (Wildman–Crippen LogP) is 5.04. The first-order valence-corrected chi connectivity index (χ1v) is 16.0. The first kappa shape index (κ1) is 29.0. The van der Waals surface area contributed by atoms with Crippen molar-refractivity contribution in [1.29, 1.82) is 0 Å². The van der Waals surface area contributed by atoms with E-state index in [1.165, 1.54) is 23.0 Å². The van der Waals surface area contributed by atoms with Crippen LogP contribution >= 0.6 is 11.3 Å².